The molecule has 1 atom stereocenters. The molecule has 0 aliphatic carbocycles. The summed E-state index contributed by atoms with van der Waals surface area (Å²) in [7, 11) is 1.62. The summed E-state index contributed by atoms with van der Waals surface area (Å²) in [6.45, 7) is 6.08. The molecule has 6 heteroatoms. The van der Waals surface area contributed by atoms with Gasteiger partial charge < -0.3 is 15.8 Å². The van der Waals surface area contributed by atoms with Crippen molar-refractivity contribution < 1.29 is 4.74 Å². The zero-order valence-electron chi connectivity index (χ0n) is 9.53. The topological polar surface area (TPSA) is 78.0 Å². The van der Waals surface area contributed by atoms with E-state index in [1.165, 1.54) is 0 Å². The van der Waals surface area contributed by atoms with E-state index in [0.717, 1.165) is 24.9 Å². The highest BCUT2D eigenvalue weighted by atomic mass is 16.5. The van der Waals surface area contributed by atoms with E-state index in [0.29, 0.717) is 6.54 Å². The molecule has 0 radical (unpaired) electrons. The number of nitrogens with two attached hydrogens (primary N) is 1. The molecule has 15 heavy (non-hydrogen) atoms. The smallest absolute Gasteiger partial charge is 0.224 e. The number of aromatic nitrogens is 3. The molecule has 1 rings (SSSR count). The van der Waals surface area contributed by atoms with E-state index < -0.39 is 0 Å². The fourth-order valence-electron chi connectivity index (χ4n) is 1.46. The molecule has 0 amide bonds. The van der Waals surface area contributed by atoms with Crippen LogP contribution in [-0.4, -0.2) is 35.0 Å². The number of methoxy groups -OCH3 is 1. The molecule has 0 aliphatic heterocycles. The summed E-state index contributed by atoms with van der Waals surface area (Å²) in [6, 6.07) is 0. The lowest BCUT2D eigenvalue weighted by molar-refractivity contribution is 0.0996. The fraction of sp³-hybridized carbons (Fsp3) is 0.778. The first-order valence-electron chi connectivity index (χ1n) is 5.18. The van der Waals surface area contributed by atoms with Crippen LogP contribution in [0.5, 0.6) is 0 Å². The van der Waals surface area contributed by atoms with Gasteiger partial charge >= 0.3 is 0 Å². The zero-order valence-corrected chi connectivity index (χ0v) is 9.53. The van der Waals surface area contributed by atoms with Crippen molar-refractivity contribution in [1.82, 2.24) is 14.8 Å². The lowest BCUT2D eigenvalue weighted by atomic mass is 10.3. The van der Waals surface area contributed by atoms with Gasteiger partial charge in [-0.05, 0) is 13.8 Å². The Kier molecular flexibility index (Phi) is 4.51. The minimum absolute atomic E-state index is 0.190. The lowest BCUT2D eigenvalue weighted by Gasteiger charge is -2.14. The highest BCUT2D eigenvalue weighted by Crippen LogP contribution is 2.16. The van der Waals surface area contributed by atoms with Gasteiger partial charge in [-0.15, -0.1) is 10.2 Å². The monoisotopic (exact) mass is 213 g/mol. The standard InChI is InChI=1S/C9H19N5O/c1-4-11-9-13-12-8(14(9)5-2)7(6-10)15-3/h7H,4-6,10H2,1-3H3,(H,11,13). The Bertz CT molecular complexity index is 295. The Hall–Kier alpha value is -1.14. The number of hydrogen-bond acceptors (Lipinski definition) is 5. The average Bonchev–Trinajstić information content (AvgIpc) is 2.64. The quantitative estimate of drug-likeness (QED) is 0.714. The minimum atomic E-state index is -0.190. The van der Waals surface area contributed by atoms with Crippen LogP contribution in [0.2, 0.25) is 0 Å². The van der Waals surface area contributed by atoms with Gasteiger partial charge in [0.15, 0.2) is 5.82 Å². The molecular weight excluding hydrogens is 194 g/mol. The summed E-state index contributed by atoms with van der Waals surface area (Å²) in [6.07, 6.45) is -0.190. The second kappa shape index (κ2) is 5.67. The Balaban J connectivity index is 2.96. The minimum Gasteiger partial charge on any atom is -0.372 e. The van der Waals surface area contributed by atoms with Crippen molar-refractivity contribution >= 4 is 5.95 Å². The molecule has 0 spiro atoms. The Morgan fingerprint density at radius 3 is 2.67 bits per heavy atom. The molecule has 0 saturated carbocycles. The van der Waals surface area contributed by atoms with Crippen LogP contribution in [0.1, 0.15) is 25.8 Å². The number of nitrogens with zero attached hydrogens (tertiary/aromatic N) is 3. The van der Waals surface area contributed by atoms with Crippen LogP contribution in [0.25, 0.3) is 0 Å². The summed E-state index contributed by atoms with van der Waals surface area (Å²) in [5.74, 6) is 1.55. The SMILES string of the molecule is CCNc1nnc(C(CN)OC)n1CC. The van der Waals surface area contributed by atoms with Crippen molar-refractivity contribution in [2.75, 3.05) is 25.5 Å². The third-order valence-corrected chi connectivity index (χ3v) is 2.22. The molecule has 0 aromatic carbocycles. The molecule has 3 N–H and O–H groups in total. The third-order valence-electron chi connectivity index (χ3n) is 2.22. The molecule has 6 nitrogen and oxygen atoms in total. The van der Waals surface area contributed by atoms with Gasteiger partial charge in [0.1, 0.15) is 6.10 Å². The van der Waals surface area contributed by atoms with Crippen molar-refractivity contribution in [3.63, 3.8) is 0 Å². The highest BCUT2D eigenvalue weighted by molar-refractivity contribution is 5.26. The lowest BCUT2D eigenvalue weighted by Crippen LogP contribution is -2.19. The number of hydrogen-bond donors (Lipinski definition) is 2. The van der Waals surface area contributed by atoms with Crippen LogP contribution in [0.4, 0.5) is 5.95 Å². The Labute approximate surface area is 89.8 Å². The number of anilines is 1. The van der Waals surface area contributed by atoms with E-state index in [9.17, 15) is 0 Å². The van der Waals surface area contributed by atoms with Crippen LogP contribution in [0.3, 0.4) is 0 Å². The number of nitrogens with one attached hydrogen (secondary N) is 1. The first-order valence-corrected chi connectivity index (χ1v) is 5.18. The van der Waals surface area contributed by atoms with Gasteiger partial charge in [-0.25, -0.2) is 0 Å². The van der Waals surface area contributed by atoms with Gasteiger partial charge in [0.05, 0.1) is 0 Å². The Morgan fingerprint density at radius 1 is 1.47 bits per heavy atom. The molecule has 0 bridgehead atoms. The maximum Gasteiger partial charge on any atom is 0.224 e. The van der Waals surface area contributed by atoms with E-state index in [-0.39, 0.29) is 6.10 Å². The normalized spacial score (nSPS) is 12.8. The van der Waals surface area contributed by atoms with Crippen molar-refractivity contribution in [3.05, 3.63) is 5.82 Å². The van der Waals surface area contributed by atoms with Gasteiger partial charge in [0, 0.05) is 26.7 Å². The van der Waals surface area contributed by atoms with Crippen LogP contribution in [0, 0.1) is 0 Å². The van der Waals surface area contributed by atoms with Gasteiger partial charge in [-0.3, -0.25) is 4.57 Å². The van der Waals surface area contributed by atoms with E-state index in [2.05, 4.69) is 15.5 Å². The van der Waals surface area contributed by atoms with Crippen LogP contribution in [0.15, 0.2) is 0 Å². The molecular formula is C9H19N5O. The summed E-state index contributed by atoms with van der Waals surface area (Å²) in [5, 5.41) is 11.3. The number of ether oxygens (including phenoxy) is 1. The van der Waals surface area contributed by atoms with Crippen LogP contribution in [-0.2, 0) is 11.3 Å². The second-order valence-electron chi connectivity index (χ2n) is 3.12. The van der Waals surface area contributed by atoms with E-state index in [1.54, 1.807) is 7.11 Å². The van der Waals surface area contributed by atoms with Crippen molar-refractivity contribution in [2.45, 2.75) is 26.5 Å². The van der Waals surface area contributed by atoms with Gasteiger partial charge in [-0.1, -0.05) is 0 Å². The molecule has 1 unspecified atom stereocenters. The van der Waals surface area contributed by atoms with Crippen molar-refractivity contribution in [1.29, 1.82) is 0 Å². The van der Waals surface area contributed by atoms with E-state index >= 15 is 0 Å². The van der Waals surface area contributed by atoms with Crippen LogP contribution >= 0.6 is 0 Å². The largest absolute Gasteiger partial charge is 0.372 e. The second-order valence-corrected chi connectivity index (χ2v) is 3.12. The highest BCUT2D eigenvalue weighted by Gasteiger charge is 2.18. The number of rotatable bonds is 6. The van der Waals surface area contributed by atoms with Crippen LogP contribution < -0.4 is 11.1 Å². The Morgan fingerprint density at radius 2 is 2.20 bits per heavy atom. The molecule has 0 fully saturated rings. The molecule has 1 heterocycles. The fourth-order valence-corrected chi connectivity index (χ4v) is 1.46. The first-order chi connectivity index (χ1) is 7.28. The molecule has 0 saturated heterocycles. The molecule has 1 aromatic heterocycles. The zero-order chi connectivity index (χ0) is 11.3. The predicted molar refractivity (Wildman–Crippen MR) is 58.7 cm³/mol. The van der Waals surface area contributed by atoms with Gasteiger partial charge in [0.2, 0.25) is 5.95 Å². The third kappa shape index (κ3) is 2.45. The average molecular weight is 213 g/mol. The van der Waals surface area contributed by atoms with E-state index in [4.69, 9.17) is 10.5 Å². The molecule has 1 aromatic rings. The maximum absolute atomic E-state index is 5.60. The summed E-state index contributed by atoms with van der Waals surface area (Å²) in [5.41, 5.74) is 5.60. The van der Waals surface area contributed by atoms with Crippen molar-refractivity contribution in [2.24, 2.45) is 5.73 Å². The molecule has 86 valence electrons. The predicted octanol–water partition coefficient (Wildman–Crippen LogP) is 0.376. The summed E-state index contributed by atoms with van der Waals surface area (Å²) < 4.78 is 7.22. The van der Waals surface area contributed by atoms with Crippen molar-refractivity contribution in [3.8, 4) is 0 Å². The van der Waals surface area contributed by atoms with E-state index in [1.807, 2.05) is 18.4 Å². The maximum atomic E-state index is 5.60. The summed E-state index contributed by atoms with van der Waals surface area (Å²) >= 11 is 0. The van der Waals surface area contributed by atoms with Gasteiger partial charge in [0.25, 0.3) is 0 Å². The van der Waals surface area contributed by atoms with Gasteiger partial charge in [-0.2, -0.15) is 0 Å². The summed E-state index contributed by atoms with van der Waals surface area (Å²) in [4.78, 5) is 0. The molecule has 0 aliphatic rings. The first kappa shape index (κ1) is 11.9.